The number of anilines is 1. The fourth-order valence-corrected chi connectivity index (χ4v) is 3.98. The molecule has 7 heteroatoms. The average Bonchev–Trinajstić information content (AvgIpc) is 3.06. The van der Waals surface area contributed by atoms with Crippen LogP contribution in [0, 0.1) is 11.8 Å². The third-order valence-electron chi connectivity index (χ3n) is 5.65. The minimum Gasteiger partial charge on any atom is -0.396 e. The smallest absolute Gasteiger partial charge is 0.251 e. The molecular weight excluding hydrogens is 342 g/mol. The molecule has 1 amide bonds. The number of piperazine rings is 1. The van der Waals surface area contributed by atoms with Crippen molar-refractivity contribution >= 4 is 11.7 Å². The van der Waals surface area contributed by atoms with Crippen LogP contribution < -0.4 is 10.2 Å². The Labute approximate surface area is 162 Å². The normalized spacial score (nSPS) is 24.6. The van der Waals surface area contributed by atoms with Crippen LogP contribution in [0.15, 0.2) is 18.3 Å². The van der Waals surface area contributed by atoms with Gasteiger partial charge in [-0.2, -0.15) is 0 Å². The van der Waals surface area contributed by atoms with E-state index in [0.717, 1.165) is 51.6 Å². The lowest BCUT2D eigenvalue weighted by Gasteiger charge is -2.34. The number of hydrogen-bond acceptors (Lipinski definition) is 6. The van der Waals surface area contributed by atoms with Gasteiger partial charge in [0.05, 0.1) is 0 Å². The fourth-order valence-electron chi connectivity index (χ4n) is 3.98. The lowest BCUT2D eigenvalue weighted by molar-refractivity contribution is 0.0943. The van der Waals surface area contributed by atoms with Gasteiger partial charge in [0, 0.05) is 76.1 Å². The van der Waals surface area contributed by atoms with Crippen LogP contribution in [0.2, 0.25) is 0 Å². The lowest BCUT2D eigenvalue weighted by Crippen LogP contribution is -2.47. The first kappa shape index (κ1) is 20.0. The number of carbonyl (C=O) groups excluding carboxylic acids is 1. The summed E-state index contributed by atoms with van der Waals surface area (Å²) in [5.41, 5.74) is 0.636. The van der Waals surface area contributed by atoms with Crippen LogP contribution in [-0.2, 0) is 0 Å². The molecule has 3 heterocycles. The van der Waals surface area contributed by atoms with Crippen molar-refractivity contribution in [3.8, 4) is 0 Å². The van der Waals surface area contributed by atoms with Gasteiger partial charge < -0.3 is 25.1 Å². The molecule has 0 aromatic carbocycles. The van der Waals surface area contributed by atoms with E-state index in [0.29, 0.717) is 11.5 Å². The van der Waals surface area contributed by atoms with E-state index in [1.54, 1.807) is 12.3 Å². The molecule has 2 saturated heterocycles. The number of likely N-dealkylation sites (N-methyl/N-ethyl adjacent to an activating group) is 1. The molecule has 150 valence electrons. The molecule has 2 N–H and O–H groups in total. The Morgan fingerprint density at radius 3 is 2.63 bits per heavy atom. The van der Waals surface area contributed by atoms with Crippen molar-refractivity contribution in [1.29, 1.82) is 0 Å². The Kier molecular flexibility index (Phi) is 6.68. The minimum absolute atomic E-state index is 0.0689. The molecular formula is C20H33N5O2. The van der Waals surface area contributed by atoms with E-state index in [2.05, 4.69) is 32.0 Å². The predicted molar refractivity (Wildman–Crippen MR) is 107 cm³/mol. The van der Waals surface area contributed by atoms with Crippen molar-refractivity contribution in [3.63, 3.8) is 0 Å². The summed E-state index contributed by atoms with van der Waals surface area (Å²) in [6.45, 7) is 11.2. The third-order valence-corrected chi connectivity index (χ3v) is 5.65. The Morgan fingerprint density at radius 2 is 1.96 bits per heavy atom. The molecule has 2 aliphatic heterocycles. The predicted octanol–water partition coefficient (Wildman–Crippen LogP) is 0.512. The van der Waals surface area contributed by atoms with Crippen LogP contribution in [-0.4, -0.2) is 91.3 Å². The lowest BCUT2D eigenvalue weighted by atomic mass is 9.96. The molecule has 2 atom stereocenters. The SMILES string of the molecule is CC(C)NC(=O)c1ccnc(N2CC(CO)C(CN3CCN(C)CC3)C2)c1. The van der Waals surface area contributed by atoms with Crippen LogP contribution in [0.1, 0.15) is 24.2 Å². The van der Waals surface area contributed by atoms with Crippen LogP contribution in [0.25, 0.3) is 0 Å². The van der Waals surface area contributed by atoms with Gasteiger partial charge in [0.2, 0.25) is 0 Å². The zero-order valence-electron chi connectivity index (χ0n) is 16.8. The summed E-state index contributed by atoms with van der Waals surface area (Å²) in [7, 11) is 2.17. The summed E-state index contributed by atoms with van der Waals surface area (Å²) in [6, 6.07) is 3.72. The maximum absolute atomic E-state index is 12.3. The number of aliphatic hydroxyl groups excluding tert-OH is 1. The molecule has 3 rings (SSSR count). The number of rotatable bonds is 6. The summed E-state index contributed by atoms with van der Waals surface area (Å²) in [4.78, 5) is 23.9. The van der Waals surface area contributed by atoms with Gasteiger partial charge in [-0.1, -0.05) is 0 Å². The Hall–Kier alpha value is -1.70. The maximum atomic E-state index is 12.3. The fraction of sp³-hybridized carbons (Fsp3) is 0.700. The number of nitrogens with one attached hydrogen (secondary N) is 1. The standard InChI is InChI=1S/C20H33N5O2/c1-15(2)22-20(27)16-4-5-21-19(10-16)25-12-17(18(13-25)14-26)11-24-8-6-23(3)7-9-24/h4-5,10,15,17-18,26H,6-9,11-14H2,1-3H3,(H,22,27). The van der Waals surface area contributed by atoms with Gasteiger partial charge in [-0.15, -0.1) is 0 Å². The highest BCUT2D eigenvalue weighted by Crippen LogP contribution is 2.28. The van der Waals surface area contributed by atoms with E-state index in [4.69, 9.17) is 0 Å². The average molecular weight is 376 g/mol. The van der Waals surface area contributed by atoms with Crippen LogP contribution in [0.3, 0.4) is 0 Å². The van der Waals surface area contributed by atoms with Crippen molar-refractivity contribution in [2.24, 2.45) is 11.8 Å². The summed E-state index contributed by atoms with van der Waals surface area (Å²) in [5, 5.41) is 12.8. The topological polar surface area (TPSA) is 71.9 Å². The Morgan fingerprint density at radius 1 is 1.26 bits per heavy atom. The van der Waals surface area contributed by atoms with Gasteiger partial charge in [0.15, 0.2) is 0 Å². The van der Waals surface area contributed by atoms with Crippen LogP contribution in [0.4, 0.5) is 5.82 Å². The first-order chi connectivity index (χ1) is 13.0. The number of carbonyl (C=O) groups is 1. The van der Waals surface area contributed by atoms with Gasteiger partial charge in [0.25, 0.3) is 5.91 Å². The monoisotopic (exact) mass is 375 g/mol. The van der Waals surface area contributed by atoms with E-state index in [1.807, 2.05) is 19.9 Å². The molecule has 0 spiro atoms. The number of nitrogens with zero attached hydrogens (tertiary/aromatic N) is 4. The molecule has 1 aromatic heterocycles. The third kappa shape index (κ3) is 5.18. The number of hydrogen-bond donors (Lipinski definition) is 2. The van der Waals surface area contributed by atoms with Gasteiger partial charge in [-0.3, -0.25) is 4.79 Å². The molecule has 2 aliphatic rings. The number of aliphatic hydroxyl groups is 1. The van der Waals surface area contributed by atoms with E-state index >= 15 is 0 Å². The van der Waals surface area contributed by atoms with Crippen molar-refractivity contribution in [2.45, 2.75) is 19.9 Å². The second-order valence-electron chi connectivity index (χ2n) is 8.24. The van der Waals surface area contributed by atoms with Crippen molar-refractivity contribution < 1.29 is 9.90 Å². The summed E-state index contributed by atoms with van der Waals surface area (Å²) >= 11 is 0. The molecule has 2 unspecified atom stereocenters. The van der Waals surface area contributed by atoms with Gasteiger partial charge >= 0.3 is 0 Å². The van der Waals surface area contributed by atoms with Crippen LogP contribution >= 0.6 is 0 Å². The number of amides is 1. The van der Waals surface area contributed by atoms with Gasteiger partial charge in [0.1, 0.15) is 5.82 Å². The van der Waals surface area contributed by atoms with E-state index < -0.39 is 0 Å². The first-order valence-corrected chi connectivity index (χ1v) is 10.00. The minimum atomic E-state index is -0.0689. The number of aromatic nitrogens is 1. The van der Waals surface area contributed by atoms with Gasteiger partial charge in [-0.05, 0) is 38.9 Å². The first-order valence-electron chi connectivity index (χ1n) is 10.00. The Bertz CT molecular complexity index is 631. The number of pyridine rings is 1. The van der Waals surface area contributed by atoms with Gasteiger partial charge in [-0.25, -0.2) is 4.98 Å². The molecule has 2 fully saturated rings. The zero-order chi connectivity index (χ0) is 19.4. The Balaban J connectivity index is 1.65. The largest absolute Gasteiger partial charge is 0.396 e. The molecule has 7 nitrogen and oxygen atoms in total. The maximum Gasteiger partial charge on any atom is 0.251 e. The highest BCUT2D eigenvalue weighted by atomic mass is 16.3. The van der Waals surface area contributed by atoms with Crippen molar-refractivity contribution in [3.05, 3.63) is 23.9 Å². The molecule has 27 heavy (non-hydrogen) atoms. The molecule has 0 radical (unpaired) electrons. The van der Waals surface area contributed by atoms with Crippen molar-refractivity contribution in [1.82, 2.24) is 20.1 Å². The summed E-state index contributed by atoms with van der Waals surface area (Å²) in [6.07, 6.45) is 1.70. The van der Waals surface area contributed by atoms with E-state index in [9.17, 15) is 9.90 Å². The summed E-state index contributed by atoms with van der Waals surface area (Å²) in [5.74, 6) is 1.43. The quantitative estimate of drug-likeness (QED) is 0.755. The molecule has 0 bridgehead atoms. The van der Waals surface area contributed by atoms with E-state index in [1.165, 1.54) is 0 Å². The zero-order valence-corrected chi connectivity index (χ0v) is 16.8. The second kappa shape index (κ2) is 8.99. The molecule has 1 aromatic rings. The second-order valence-corrected chi connectivity index (χ2v) is 8.24. The van der Waals surface area contributed by atoms with Crippen LogP contribution in [0.5, 0.6) is 0 Å². The summed E-state index contributed by atoms with van der Waals surface area (Å²) < 4.78 is 0. The highest BCUT2D eigenvalue weighted by molar-refractivity contribution is 5.95. The van der Waals surface area contributed by atoms with E-state index in [-0.39, 0.29) is 24.5 Å². The highest BCUT2D eigenvalue weighted by Gasteiger charge is 2.34. The molecule has 0 aliphatic carbocycles. The molecule has 0 saturated carbocycles. The van der Waals surface area contributed by atoms with Crippen molar-refractivity contribution in [2.75, 3.05) is 64.4 Å².